The van der Waals surface area contributed by atoms with Crippen LogP contribution in [0, 0.1) is 12.8 Å². The topological polar surface area (TPSA) is 121 Å². The fraction of sp³-hybridized carbons (Fsp3) is 0.200. The van der Waals surface area contributed by atoms with E-state index in [2.05, 4.69) is 15.8 Å². The summed E-state index contributed by atoms with van der Waals surface area (Å²) in [6, 6.07) is 16.0. The number of hydrogen-bond acceptors (Lipinski definition) is 5. The van der Waals surface area contributed by atoms with Crippen LogP contribution in [0.25, 0.3) is 11.3 Å². The summed E-state index contributed by atoms with van der Waals surface area (Å²) in [4.78, 5) is 36.0. The van der Waals surface area contributed by atoms with Gasteiger partial charge in [0.2, 0.25) is 0 Å². The zero-order chi connectivity index (χ0) is 24.0. The smallest absolute Gasteiger partial charge is 0.335 e. The fourth-order valence-corrected chi connectivity index (χ4v) is 3.05. The molecule has 0 radical (unpaired) electrons. The Bertz CT molecular complexity index is 1160. The van der Waals surface area contributed by atoms with E-state index < -0.39 is 17.9 Å². The number of hydrazone groups is 1. The van der Waals surface area contributed by atoms with Gasteiger partial charge in [0.25, 0.3) is 11.8 Å². The Morgan fingerprint density at radius 3 is 2.18 bits per heavy atom. The molecule has 0 bridgehead atoms. The van der Waals surface area contributed by atoms with Crippen LogP contribution in [0.4, 0.5) is 0 Å². The zero-order valence-corrected chi connectivity index (χ0v) is 18.5. The van der Waals surface area contributed by atoms with Crippen LogP contribution in [0.1, 0.15) is 45.9 Å². The van der Waals surface area contributed by atoms with E-state index in [1.807, 2.05) is 32.9 Å². The van der Waals surface area contributed by atoms with Gasteiger partial charge < -0.3 is 14.8 Å². The van der Waals surface area contributed by atoms with Crippen LogP contribution in [0.3, 0.4) is 0 Å². The molecule has 8 heteroatoms. The quantitative estimate of drug-likeness (QED) is 0.358. The Balaban J connectivity index is 1.61. The Labute approximate surface area is 191 Å². The molecule has 0 saturated heterocycles. The summed E-state index contributed by atoms with van der Waals surface area (Å²) >= 11 is 0. The minimum Gasteiger partial charge on any atom is -0.478 e. The van der Waals surface area contributed by atoms with Crippen LogP contribution in [-0.2, 0) is 4.79 Å². The molecule has 0 fully saturated rings. The average molecular weight is 447 g/mol. The molecule has 1 atom stereocenters. The summed E-state index contributed by atoms with van der Waals surface area (Å²) < 4.78 is 5.67. The molecule has 0 aliphatic carbocycles. The van der Waals surface area contributed by atoms with Gasteiger partial charge in [-0.25, -0.2) is 10.2 Å². The molecule has 33 heavy (non-hydrogen) atoms. The maximum Gasteiger partial charge on any atom is 0.335 e. The molecule has 3 aromatic rings. The number of benzene rings is 2. The second kappa shape index (κ2) is 10.4. The number of amides is 2. The molecule has 3 rings (SSSR count). The van der Waals surface area contributed by atoms with Crippen molar-refractivity contribution in [1.29, 1.82) is 0 Å². The number of nitrogens with zero attached hydrogens (tertiary/aromatic N) is 1. The van der Waals surface area contributed by atoms with Crippen LogP contribution in [0.2, 0.25) is 0 Å². The maximum atomic E-state index is 12.6. The Kier molecular flexibility index (Phi) is 7.40. The van der Waals surface area contributed by atoms with Crippen LogP contribution in [0.5, 0.6) is 0 Å². The van der Waals surface area contributed by atoms with Crippen LogP contribution in [-0.4, -0.2) is 35.1 Å². The molecule has 0 unspecified atom stereocenters. The first-order valence-corrected chi connectivity index (χ1v) is 10.4. The van der Waals surface area contributed by atoms with Gasteiger partial charge in [-0.05, 0) is 49.2 Å². The maximum absolute atomic E-state index is 12.6. The normalized spacial score (nSPS) is 12.0. The van der Waals surface area contributed by atoms with Crippen molar-refractivity contribution in [3.8, 4) is 11.3 Å². The van der Waals surface area contributed by atoms with E-state index in [1.165, 1.54) is 18.3 Å². The summed E-state index contributed by atoms with van der Waals surface area (Å²) in [5.41, 5.74) is 4.85. The molecule has 2 aromatic carbocycles. The number of aromatic carboxylic acids is 1. The van der Waals surface area contributed by atoms with Gasteiger partial charge in [0.05, 0.1) is 11.8 Å². The van der Waals surface area contributed by atoms with Crippen molar-refractivity contribution < 1.29 is 23.9 Å². The van der Waals surface area contributed by atoms with Gasteiger partial charge in [-0.15, -0.1) is 0 Å². The number of carbonyl (C=O) groups excluding carboxylic acids is 2. The van der Waals surface area contributed by atoms with Crippen LogP contribution < -0.4 is 10.7 Å². The van der Waals surface area contributed by atoms with Gasteiger partial charge >= 0.3 is 5.97 Å². The third-order valence-corrected chi connectivity index (χ3v) is 4.96. The van der Waals surface area contributed by atoms with Crippen molar-refractivity contribution in [1.82, 2.24) is 10.7 Å². The SMILES string of the molecule is Cc1ccc(C(=O)N[C@H](C(=O)N/N=C\c2ccc(-c3ccc(C(=O)O)cc3)o2)C(C)C)cc1. The second-order valence-electron chi connectivity index (χ2n) is 7.88. The van der Waals surface area contributed by atoms with Gasteiger partial charge in [0.15, 0.2) is 0 Å². The first-order chi connectivity index (χ1) is 15.7. The van der Waals surface area contributed by atoms with Crippen LogP contribution >= 0.6 is 0 Å². The van der Waals surface area contributed by atoms with E-state index in [0.29, 0.717) is 22.6 Å². The molecule has 2 amide bonds. The van der Waals surface area contributed by atoms with E-state index in [4.69, 9.17) is 9.52 Å². The lowest BCUT2D eigenvalue weighted by molar-refractivity contribution is -0.123. The standard InChI is InChI=1S/C25H25N3O5/c1-15(2)22(27-23(29)18-6-4-16(3)5-7-18)24(30)28-26-14-20-12-13-21(33-20)17-8-10-19(11-9-17)25(31)32/h4-15,22H,1-3H3,(H,27,29)(H,28,30)(H,31,32)/b26-14-/t22-/m0/s1. The van der Waals surface area contributed by atoms with E-state index >= 15 is 0 Å². The van der Waals surface area contributed by atoms with Gasteiger partial charge in [-0.3, -0.25) is 9.59 Å². The van der Waals surface area contributed by atoms with E-state index in [0.717, 1.165) is 5.56 Å². The van der Waals surface area contributed by atoms with Gasteiger partial charge in [0.1, 0.15) is 17.6 Å². The third-order valence-electron chi connectivity index (χ3n) is 4.96. The summed E-state index contributed by atoms with van der Waals surface area (Å²) in [6.07, 6.45) is 1.35. The minimum absolute atomic E-state index is 0.154. The van der Waals surface area contributed by atoms with Gasteiger partial charge in [-0.2, -0.15) is 5.10 Å². The van der Waals surface area contributed by atoms with Gasteiger partial charge in [0, 0.05) is 11.1 Å². The third kappa shape index (κ3) is 6.16. The molecule has 170 valence electrons. The second-order valence-corrected chi connectivity index (χ2v) is 7.88. The number of aryl methyl sites for hydroxylation is 1. The van der Waals surface area contributed by atoms with E-state index in [-0.39, 0.29) is 17.4 Å². The number of carboxylic acids is 1. The lowest BCUT2D eigenvalue weighted by atomic mass is 10.0. The summed E-state index contributed by atoms with van der Waals surface area (Å²) in [6.45, 7) is 5.59. The van der Waals surface area contributed by atoms with Crippen LogP contribution in [0.15, 0.2) is 70.2 Å². The molecule has 0 aliphatic heterocycles. The molecule has 1 heterocycles. The first kappa shape index (κ1) is 23.5. The number of furan rings is 1. The molecule has 0 aliphatic rings. The molecule has 1 aromatic heterocycles. The predicted octanol–water partition coefficient (Wildman–Crippen LogP) is 3.86. The van der Waals surface area contributed by atoms with Crippen molar-refractivity contribution in [3.05, 3.63) is 83.1 Å². The highest BCUT2D eigenvalue weighted by Gasteiger charge is 2.24. The average Bonchev–Trinajstić information content (AvgIpc) is 3.26. The number of nitrogens with one attached hydrogen (secondary N) is 2. The van der Waals surface area contributed by atoms with E-state index in [9.17, 15) is 14.4 Å². The number of hydrogen-bond donors (Lipinski definition) is 3. The summed E-state index contributed by atoms with van der Waals surface area (Å²) in [5.74, 6) is -1.00. The summed E-state index contributed by atoms with van der Waals surface area (Å²) in [5, 5.41) is 15.7. The number of carbonyl (C=O) groups is 3. The Morgan fingerprint density at radius 2 is 1.58 bits per heavy atom. The monoisotopic (exact) mass is 447 g/mol. The molecule has 3 N–H and O–H groups in total. The van der Waals surface area contributed by atoms with Crippen molar-refractivity contribution in [2.24, 2.45) is 11.0 Å². The highest BCUT2D eigenvalue weighted by Crippen LogP contribution is 2.22. The van der Waals surface area contributed by atoms with Crippen molar-refractivity contribution in [3.63, 3.8) is 0 Å². The Hall–Kier alpha value is -4.20. The molecule has 0 spiro atoms. The number of carboxylic acid groups (broad SMARTS) is 1. The van der Waals surface area contributed by atoms with Crippen molar-refractivity contribution in [2.45, 2.75) is 26.8 Å². The highest BCUT2D eigenvalue weighted by molar-refractivity contribution is 5.97. The van der Waals surface area contributed by atoms with Crippen molar-refractivity contribution in [2.75, 3.05) is 0 Å². The van der Waals surface area contributed by atoms with Crippen molar-refractivity contribution >= 4 is 24.0 Å². The molecular formula is C25H25N3O5. The lowest BCUT2D eigenvalue weighted by Gasteiger charge is -2.20. The largest absolute Gasteiger partial charge is 0.478 e. The van der Waals surface area contributed by atoms with Gasteiger partial charge in [-0.1, -0.05) is 43.7 Å². The van der Waals surface area contributed by atoms with E-state index in [1.54, 1.807) is 36.4 Å². The number of rotatable bonds is 8. The molecular weight excluding hydrogens is 422 g/mol. The highest BCUT2D eigenvalue weighted by atomic mass is 16.4. The summed E-state index contributed by atoms with van der Waals surface area (Å²) in [7, 11) is 0. The predicted molar refractivity (Wildman–Crippen MR) is 124 cm³/mol. The Morgan fingerprint density at radius 1 is 0.939 bits per heavy atom. The molecule has 0 saturated carbocycles. The minimum atomic E-state index is -1.00. The lowest BCUT2D eigenvalue weighted by Crippen LogP contribution is -2.48. The first-order valence-electron chi connectivity index (χ1n) is 10.4. The fourth-order valence-electron chi connectivity index (χ4n) is 3.05. The zero-order valence-electron chi connectivity index (χ0n) is 18.5. The molecule has 8 nitrogen and oxygen atoms in total.